The van der Waals surface area contributed by atoms with Crippen LogP contribution in [0.4, 0.5) is 0 Å². The summed E-state index contributed by atoms with van der Waals surface area (Å²) in [6.45, 7) is 3.33. The molecule has 4 nitrogen and oxygen atoms in total. The summed E-state index contributed by atoms with van der Waals surface area (Å²) in [5.41, 5.74) is 3.39. The van der Waals surface area contributed by atoms with Gasteiger partial charge >= 0.3 is 0 Å². The highest BCUT2D eigenvalue weighted by Crippen LogP contribution is 2.22. The lowest BCUT2D eigenvalue weighted by Gasteiger charge is -2.23. The quantitative estimate of drug-likeness (QED) is 0.942. The van der Waals surface area contributed by atoms with Crippen molar-refractivity contribution < 1.29 is 9.53 Å². The van der Waals surface area contributed by atoms with Gasteiger partial charge in [-0.25, -0.2) is 0 Å². The highest BCUT2D eigenvalue weighted by Gasteiger charge is 2.23. The molecule has 1 aromatic heterocycles. The van der Waals surface area contributed by atoms with Gasteiger partial charge in [-0.3, -0.25) is 9.78 Å². The number of ether oxygens (including phenoxy) is 1. The molecule has 2 aromatic rings. The summed E-state index contributed by atoms with van der Waals surface area (Å²) >= 11 is 0. The molecule has 0 bridgehead atoms. The Hall–Kier alpha value is -2.20. The topological polar surface area (TPSA) is 51.2 Å². The van der Waals surface area contributed by atoms with Gasteiger partial charge in [-0.1, -0.05) is 24.3 Å². The van der Waals surface area contributed by atoms with E-state index in [-0.39, 0.29) is 17.9 Å². The molecular weight excluding hydrogens is 288 g/mol. The summed E-state index contributed by atoms with van der Waals surface area (Å²) in [6, 6.07) is 12.3. The molecule has 0 spiro atoms. The predicted molar refractivity (Wildman–Crippen MR) is 89.8 cm³/mol. The Bertz CT molecular complexity index is 634. The van der Waals surface area contributed by atoms with E-state index in [0.29, 0.717) is 6.61 Å². The van der Waals surface area contributed by atoms with Crippen molar-refractivity contribution in [2.24, 2.45) is 5.92 Å². The fourth-order valence-corrected chi connectivity index (χ4v) is 2.87. The monoisotopic (exact) mass is 310 g/mol. The minimum atomic E-state index is -0.0118. The van der Waals surface area contributed by atoms with Gasteiger partial charge in [-0.15, -0.1) is 0 Å². The first-order valence-electron chi connectivity index (χ1n) is 8.12. The maximum absolute atomic E-state index is 12.3. The van der Waals surface area contributed by atoms with E-state index in [0.717, 1.165) is 36.1 Å². The number of pyridine rings is 1. The molecule has 3 rings (SSSR count). The zero-order chi connectivity index (χ0) is 16.1. The van der Waals surface area contributed by atoms with Crippen molar-refractivity contribution in [1.82, 2.24) is 10.3 Å². The second-order valence-corrected chi connectivity index (χ2v) is 6.00. The number of benzene rings is 1. The number of carbonyl (C=O) groups excluding carboxylic acids is 1. The molecule has 1 aliphatic rings. The number of nitrogens with one attached hydrogen (secondary N) is 1. The van der Waals surface area contributed by atoms with Crippen LogP contribution in [-0.4, -0.2) is 24.1 Å². The lowest BCUT2D eigenvalue weighted by molar-refractivity contribution is -0.129. The second-order valence-electron chi connectivity index (χ2n) is 6.00. The van der Waals surface area contributed by atoms with Gasteiger partial charge in [-0.2, -0.15) is 0 Å². The number of nitrogens with zero attached hydrogens (tertiary/aromatic N) is 1. The van der Waals surface area contributed by atoms with E-state index < -0.39 is 0 Å². The molecule has 0 aliphatic carbocycles. The number of hydrogen-bond acceptors (Lipinski definition) is 3. The molecule has 2 atom stereocenters. The summed E-state index contributed by atoms with van der Waals surface area (Å²) < 4.78 is 5.39. The van der Waals surface area contributed by atoms with Gasteiger partial charge in [0.05, 0.1) is 18.6 Å². The molecule has 1 amide bonds. The van der Waals surface area contributed by atoms with Gasteiger partial charge in [-0.05, 0) is 48.6 Å². The predicted octanol–water partition coefficient (Wildman–Crippen LogP) is 3.35. The highest BCUT2D eigenvalue weighted by molar-refractivity contribution is 5.79. The van der Waals surface area contributed by atoms with Gasteiger partial charge in [0.15, 0.2) is 0 Å². The third kappa shape index (κ3) is 3.96. The van der Waals surface area contributed by atoms with Crippen molar-refractivity contribution >= 4 is 5.91 Å². The normalized spacial score (nSPS) is 19.1. The largest absolute Gasteiger partial charge is 0.381 e. The van der Waals surface area contributed by atoms with Crippen LogP contribution in [0.1, 0.15) is 31.4 Å². The molecule has 0 saturated carbocycles. The van der Waals surface area contributed by atoms with Gasteiger partial charge in [0.25, 0.3) is 0 Å². The molecule has 1 aromatic carbocycles. The Kier molecular flexibility index (Phi) is 5.03. The Morgan fingerprint density at radius 1 is 1.17 bits per heavy atom. The van der Waals surface area contributed by atoms with Crippen LogP contribution in [0.25, 0.3) is 11.1 Å². The van der Waals surface area contributed by atoms with E-state index in [9.17, 15) is 4.79 Å². The standard InChI is InChI=1S/C19H22N2O2/c1-14(21-19(22)18-3-2-12-23-13-18)15-4-6-16(7-5-15)17-8-10-20-11-9-17/h4-11,14,18H,2-3,12-13H2,1H3,(H,21,22)/t14-,18-/m1/s1. The van der Waals surface area contributed by atoms with E-state index in [1.165, 1.54) is 0 Å². The fourth-order valence-electron chi connectivity index (χ4n) is 2.87. The van der Waals surface area contributed by atoms with Crippen molar-refractivity contribution in [1.29, 1.82) is 0 Å². The Labute approximate surface area is 136 Å². The van der Waals surface area contributed by atoms with Crippen LogP contribution >= 0.6 is 0 Å². The minimum absolute atomic E-state index is 0.00378. The van der Waals surface area contributed by atoms with Crippen molar-refractivity contribution in [3.05, 3.63) is 54.4 Å². The maximum Gasteiger partial charge on any atom is 0.225 e. The van der Waals surface area contributed by atoms with Crippen LogP contribution in [0.5, 0.6) is 0 Å². The fraction of sp³-hybridized carbons (Fsp3) is 0.368. The van der Waals surface area contributed by atoms with Crippen LogP contribution in [0.3, 0.4) is 0 Å². The van der Waals surface area contributed by atoms with E-state index in [2.05, 4.69) is 34.6 Å². The van der Waals surface area contributed by atoms with Crippen LogP contribution in [0.15, 0.2) is 48.8 Å². The first-order chi connectivity index (χ1) is 11.2. The Balaban J connectivity index is 1.63. The van der Waals surface area contributed by atoms with E-state index >= 15 is 0 Å². The SMILES string of the molecule is C[C@@H](NC(=O)[C@@H]1CCCOC1)c1ccc(-c2ccncc2)cc1. The number of carbonyl (C=O) groups is 1. The number of amides is 1. The molecule has 1 aliphatic heterocycles. The summed E-state index contributed by atoms with van der Waals surface area (Å²) in [5, 5.41) is 3.10. The van der Waals surface area contributed by atoms with Crippen LogP contribution in [-0.2, 0) is 9.53 Å². The number of aromatic nitrogens is 1. The number of rotatable bonds is 4. The third-order valence-corrected chi connectivity index (χ3v) is 4.31. The lowest BCUT2D eigenvalue weighted by atomic mass is 9.99. The summed E-state index contributed by atoms with van der Waals surface area (Å²) in [6.07, 6.45) is 5.46. The van der Waals surface area contributed by atoms with Crippen LogP contribution in [0.2, 0.25) is 0 Å². The Morgan fingerprint density at radius 2 is 1.87 bits per heavy atom. The van der Waals surface area contributed by atoms with Gasteiger partial charge in [0.1, 0.15) is 0 Å². The minimum Gasteiger partial charge on any atom is -0.381 e. The molecule has 4 heteroatoms. The van der Waals surface area contributed by atoms with Gasteiger partial charge in [0, 0.05) is 19.0 Å². The first-order valence-corrected chi connectivity index (χ1v) is 8.12. The first kappa shape index (κ1) is 15.7. The molecule has 23 heavy (non-hydrogen) atoms. The zero-order valence-corrected chi connectivity index (χ0v) is 13.4. The molecule has 1 fully saturated rings. The molecule has 1 saturated heterocycles. The number of hydrogen-bond donors (Lipinski definition) is 1. The summed E-state index contributed by atoms with van der Waals surface area (Å²) in [5.74, 6) is 0.0812. The van der Waals surface area contributed by atoms with Gasteiger partial charge < -0.3 is 10.1 Å². The molecular formula is C19H22N2O2. The average molecular weight is 310 g/mol. The summed E-state index contributed by atoms with van der Waals surface area (Å²) in [7, 11) is 0. The van der Waals surface area contributed by atoms with Crippen molar-refractivity contribution in [3.8, 4) is 11.1 Å². The summed E-state index contributed by atoms with van der Waals surface area (Å²) in [4.78, 5) is 16.3. The van der Waals surface area contributed by atoms with Gasteiger partial charge in [0.2, 0.25) is 5.91 Å². The average Bonchev–Trinajstić information content (AvgIpc) is 2.63. The highest BCUT2D eigenvalue weighted by atomic mass is 16.5. The molecule has 1 N–H and O–H groups in total. The van der Waals surface area contributed by atoms with Crippen molar-refractivity contribution in [3.63, 3.8) is 0 Å². The lowest BCUT2D eigenvalue weighted by Crippen LogP contribution is -2.36. The Morgan fingerprint density at radius 3 is 2.52 bits per heavy atom. The third-order valence-electron chi connectivity index (χ3n) is 4.31. The molecule has 2 heterocycles. The van der Waals surface area contributed by atoms with Crippen LogP contribution < -0.4 is 5.32 Å². The van der Waals surface area contributed by atoms with E-state index in [1.807, 2.05) is 19.1 Å². The van der Waals surface area contributed by atoms with Crippen molar-refractivity contribution in [2.45, 2.75) is 25.8 Å². The maximum atomic E-state index is 12.3. The molecule has 0 unspecified atom stereocenters. The smallest absolute Gasteiger partial charge is 0.225 e. The molecule has 0 radical (unpaired) electrons. The van der Waals surface area contributed by atoms with Crippen LogP contribution in [0, 0.1) is 5.92 Å². The van der Waals surface area contributed by atoms with Crippen molar-refractivity contribution in [2.75, 3.05) is 13.2 Å². The second kappa shape index (κ2) is 7.38. The van der Waals surface area contributed by atoms with E-state index in [1.54, 1.807) is 12.4 Å². The zero-order valence-electron chi connectivity index (χ0n) is 13.4. The molecule has 120 valence electrons. The van der Waals surface area contributed by atoms with E-state index in [4.69, 9.17) is 4.74 Å².